The van der Waals surface area contributed by atoms with Gasteiger partial charge in [0.2, 0.25) is 0 Å². The fourth-order valence-electron chi connectivity index (χ4n) is 1.55. The molecule has 0 saturated carbocycles. The Hall–Kier alpha value is -1.82. The first-order chi connectivity index (χ1) is 9.19. The lowest BCUT2D eigenvalue weighted by Crippen LogP contribution is -2.11. The summed E-state index contributed by atoms with van der Waals surface area (Å²) in [4.78, 5) is 10.5. The van der Waals surface area contributed by atoms with Crippen LogP contribution in [0.3, 0.4) is 0 Å². The van der Waals surface area contributed by atoms with Crippen molar-refractivity contribution in [1.29, 1.82) is 0 Å². The second-order valence-electron chi connectivity index (χ2n) is 4.03. The number of rotatable bonds is 9. The molecule has 0 atom stereocenters. The molecule has 0 aliphatic rings. The summed E-state index contributed by atoms with van der Waals surface area (Å²) < 4.78 is 10.4. The lowest BCUT2D eigenvalue weighted by molar-refractivity contribution is -0.384. The standard InChI is InChI=1S/C13H20N2O4/c1-3-4-8-19-9-7-14-12-6-5-11(18-2)10-13(12)15(16)17/h5-6,10,14H,3-4,7-9H2,1-2H3. The zero-order chi connectivity index (χ0) is 14.1. The number of benzene rings is 1. The number of nitro benzene ring substituents is 1. The van der Waals surface area contributed by atoms with Gasteiger partial charge in [0, 0.05) is 13.2 Å². The lowest BCUT2D eigenvalue weighted by atomic mass is 10.2. The van der Waals surface area contributed by atoms with E-state index in [9.17, 15) is 10.1 Å². The SMILES string of the molecule is CCCCOCCNc1ccc(OC)cc1[N+](=O)[O-]. The maximum absolute atomic E-state index is 10.9. The Morgan fingerprint density at radius 1 is 1.37 bits per heavy atom. The van der Waals surface area contributed by atoms with Crippen LogP contribution in [0.2, 0.25) is 0 Å². The van der Waals surface area contributed by atoms with Crippen molar-refractivity contribution >= 4 is 11.4 Å². The summed E-state index contributed by atoms with van der Waals surface area (Å²) in [5.74, 6) is 0.469. The topological polar surface area (TPSA) is 73.6 Å². The first-order valence-electron chi connectivity index (χ1n) is 6.33. The van der Waals surface area contributed by atoms with Gasteiger partial charge in [0.25, 0.3) is 5.69 Å². The van der Waals surface area contributed by atoms with Gasteiger partial charge in [-0.2, -0.15) is 0 Å². The predicted molar refractivity (Wildman–Crippen MR) is 73.9 cm³/mol. The van der Waals surface area contributed by atoms with E-state index in [1.165, 1.54) is 13.2 Å². The molecule has 0 fully saturated rings. The molecule has 1 aromatic carbocycles. The zero-order valence-electron chi connectivity index (χ0n) is 11.3. The third-order valence-corrected chi connectivity index (χ3v) is 2.61. The molecule has 0 radical (unpaired) electrons. The molecule has 0 aromatic heterocycles. The Labute approximate surface area is 112 Å². The fraction of sp³-hybridized carbons (Fsp3) is 0.538. The van der Waals surface area contributed by atoms with Crippen LogP contribution >= 0.6 is 0 Å². The van der Waals surface area contributed by atoms with E-state index >= 15 is 0 Å². The molecule has 0 saturated heterocycles. The normalized spacial score (nSPS) is 10.2. The summed E-state index contributed by atoms with van der Waals surface area (Å²) in [6, 6.07) is 4.73. The highest BCUT2D eigenvalue weighted by Crippen LogP contribution is 2.28. The van der Waals surface area contributed by atoms with Gasteiger partial charge >= 0.3 is 0 Å². The number of nitrogens with zero attached hydrogens (tertiary/aromatic N) is 1. The third kappa shape index (κ3) is 5.13. The van der Waals surface area contributed by atoms with E-state index in [0.717, 1.165) is 19.4 Å². The van der Waals surface area contributed by atoms with Crippen molar-refractivity contribution in [3.63, 3.8) is 0 Å². The summed E-state index contributed by atoms with van der Waals surface area (Å²) in [6.07, 6.45) is 2.13. The molecule has 0 heterocycles. The molecular weight excluding hydrogens is 248 g/mol. The van der Waals surface area contributed by atoms with Crippen molar-refractivity contribution in [2.75, 3.05) is 32.2 Å². The monoisotopic (exact) mass is 268 g/mol. The van der Waals surface area contributed by atoms with Gasteiger partial charge in [-0.3, -0.25) is 10.1 Å². The molecule has 0 bridgehead atoms. The minimum atomic E-state index is -0.428. The van der Waals surface area contributed by atoms with Gasteiger partial charge < -0.3 is 14.8 Å². The van der Waals surface area contributed by atoms with Crippen LogP contribution in [0.25, 0.3) is 0 Å². The lowest BCUT2D eigenvalue weighted by Gasteiger charge is -2.08. The highest BCUT2D eigenvalue weighted by atomic mass is 16.6. The number of methoxy groups -OCH3 is 1. The number of anilines is 1. The minimum absolute atomic E-state index is 0.00732. The first kappa shape index (κ1) is 15.2. The van der Waals surface area contributed by atoms with Gasteiger partial charge in [0.15, 0.2) is 0 Å². The van der Waals surface area contributed by atoms with E-state index in [4.69, 9.17) is 9.47 Å². The summed E-state index contributed by atoms with van der Waals surface area (Å²) in [5.41, 5.74) is 0.484. The molecule has 106 valence electrons. The van der Waals surface area contributed by atoms with Crippen LogP contribution in [0.5, 0.6) is 5.75 Å². The highest BCUT2D eigenvalue weighted by Gasteiger charge is 2.14. The van der Waals surface area contributed by atoms with Crippen LogP contribution in [0, 0.1) is 10.1 Å². The number of nitrogens with one attached hydrogen (secondary N) is 1. The smallest absolute Gasteiger partial charge is 0.296 e. The largest absolute Gasteiger partial charge is 0.496 e. The second kappa shape index (κ2) is 8.31. The molecule has 0 aliphatic carbocycles. The third-order valence-electron chi connectivity index (χ3n) is 2.61. The number of hydrogen-bond donors (Lipinski definition) is 1. The van der Waals surface area contributed by atoms with E-state index in [0.29, 0.717) is 24.6 Å². The van der Waals surface area contributed by atoms with E-state index < -0.39 is 4.92 Å². The molecule has 1 N–H and O–H groups in total. The van der Waals surface area contributed by atoms with E-state index in [1.807, 2.05) is 0 Å². The minimum Gasteiger partial charge on any atom is -0.496 e. The van der Waals surface area contributed by atoms with E-state index in [-0.39, 0.29) is 5.69 Å². The molecule has 1 rings (SSSR count). The van der Waals surface area contributed by atoms with Crippen molar-refractivity contribution < 1.29 is 14.4 Å². The number of nitro groups is 1. The van der Waals surface area contributed by atoms with Gasteiger partial charge in [-0.25, -0.2) is 0 Å². The molecular formula is C13H20N2O4. The molecule has 0 spiro atoms. The van der Waals surface area contributed by atoms with Gasteiger partial charge in [-0.05, 0) is 18.6 Å². The summed E-state index contributed by atoms with van der Waals surface area (Å²) >= 11 is 0. The predicted octanol–water partition coefficient (Wildman–Crippen LogP) is 2.83. The van der Waals surface area contributed by atoms with Crippen LogP contribution in [0.4, 0.5) is 11.4 Å². The average molecular weight is 268 g/mol. The molecule has 0 unspecified atom stereocenters. The van der Waals surface area contributed by atoms with Crippen LogP contribution in [0.1, 0.15) is 19.8 Å². The Kier molecular flexibility index (Phi) is 6.67. The molecule has 19 heavy (non-hydrogen) atoms. The highest BCUT2D eigenvalue weighted by molar-refractivity contribution is 5.63. The number of unbranched alkanes of at least 4 members (excludes halogenated alkanes) is 1. The number of hydrogen-bond acceptors (Lipinski definition) is 5. The van der Waals surface area contributed by atoms with Crippen molar-refractivity contribution in [2.45, 2.75) is 19.8 Å². The van der Waals surface area contributed by atoms with E-state index in [1.54, 1.807) is 12.1 Å². The van der Waals surface area contributed by atoms with Crippen LogP contribution in [-0.4, -0.2) is 31.8 Å². The molecule has 6 heteroatoms. The Balaban J connectivity index is 2.50. The summed E-state index contributed by atoms with van der Waals surface area (Å²) in [7, 11) is 1.48. The Morgan fingerprint density at radius 2 is 2.16 bits per heavy atom. The Bertz CT molecular complexity index is 410. The average Bonchev–Trinajstić information content (AvgIpc) is 2.42. The van der Waals surface area contributed by atoms with Crippen molar-refractivity contribution in [1.82, 2.24) is 0 Å². The molecule has 0 aliphatic heterocycles. The van der Waals surface area contributed by atoms with Crippen molar-refractivity contribution in [3.05, 3.63) is 28.3 Å². The van der Waals surface area contributed by atoms with Crippen molar-refractivity contribution in [3.8, 4) is 5.75 Å². The van der Waals surface area contributed by atoms with Crippen LogP contribution in [-0.2, 0) is 4.74 Å². The quantitative estimate of drug-likeness (QED) is 0.423. The van der Waals surface area contributed by atoms with Gasteiger partial charge in [-0.15, -0.1) is 0 Å². The van der Waals surface area contributed by atoms with Gasteiger partial charge in [0.1, 0.15) is 11.4 Å². The number of ether oxygens (including phenoxy) is 2. The maximum atomic E-state index is 10.9. The summed E-state index contributed by atoms with van der Waals surface area (Å²) in [5, 5.41) is 13.9. The first-order valence-corrected chi connectivity index (χ1v) is 6.33. The van der Waals surface area contributed by atoms with Gasteiger partial charge in [0.05, 0.1) is 24.7 Å². The van der Waals surface area contributed by atoms with Crippen LogP contribution < -0.4 is 10.1 Å². The summed E-state index contributed by atoms with van der Waals surface area (Å²) in [6.45, 7) is 3.89. The fourth-order valence-corrected chi connectivity index (χ4v) is 1.55. The van der Waals surface area contributed by atoms with E-state index in [2.05, 4.69) is 12.2 Å². The maximum Gasteiger partial charge on any atom is 0.296 e. The zero-order valence-corrected chi connectivity index (χ0v) is 11.3. The van der Waals surface area contributed by atoms with Gasteiger partial charge in [-0.1, -0.05) is 13.3 Å². The van der Waals surface area contributed by atoms with Crippen molar-refractivity contribution in [2.24, 2.45) is 0 Å². The molecule has 6 nitrogen and oxygen atoms in total. The second-order valence-corrected chi connectivity index (χ2v) is 4.03. The molecule has 1 aromatic rings. The molecule has 0 amide bonds. The van der Waals surface area contributed by atoms with Crippen LogP contribution in [0.15, 0.2) is 18.2 Å². The Morgan fingerprint density at radius 3 is 2.79 bits per heavy atom.